The monoisotopic (exact) mass is 508 g/mol. The van der Waals surface area contributed by atoms with E-state index in [9.17, 15) is 9.59 Å². The van der Waals surface area contributed by atoms with Gasteiger partial charge in [-0.15, -0.1) is 0 Å². The van der Waals surface area contributed by atoms with Gasteiger partial charge >= 0.3 is 22.8 Å². The van der Waals surface area contributed by atoms with Crippen molar-refractivity contribution in [1.29, 1.82) is 0 Å². The van der Waals surface area contributed by atoms with Gasteiger partial charge in [0.05, 0.1) is 22.5 Å². The fraction of sp³-hybridized carbons (Fsp3) is 0.0833. The average Bonchev–Trinajstić information content (AvgIpc) is 3.10. The van der Waals surface area contributed by atoms with Crippen molar-refractivity contribution in [1.82, 2.24) is 10.1 Å². The Morgan fingerprint density at radius 1 is 0.941 bits per heavy atom. The molecule has 6 rings (SSSR count). The summed E-state index contributed by atoms with van der Waals surface area (Å²) in [5.74, 6) is 0.211. The third kappa shape index (κ3) is 3.21. The number of fused-ring (bicyclic) bond motifs is 6. The quantitative estimate of drug-likeness (QED) is 0.281. The number of para-hydroxylation sites is 1. The molecule has 10 heteroatoms. The number of rotatable bonds is 3. The van der Waals surface area contributed by atoms with Gasteiger partial charge in [0.1, 0.15) is 0 Å². The molecule has 2 aliphatic heterocycles. The highest BCUT2D eigenvalue weighted by atomic mass is 35.5. The zero-order valence-electron chi connectivity index (χ0n) is 17.4. The van der Waals surface area contributed by atoms with E-state index in [2.05, 4.69) is 15.6 Å². The average molecular weight is 509 g/mol. The summed E-state index contributed by atoms with van der Waals surface area (Å²) in [6.45, 7) is 0. The molecule has 168 valence electrons. The molecule has 3 N–H and O–H groups in total. The highest BCUT2D eigenvalue weighted by molar-refractivity contribution is 7.98. The number of aromatic nitrogens is 3. The Labute approximate surface area is 208 Å². The summed E-state index contributed by atoms with van der Waals surface area (Å²) in [5.41, 5.74) is 2.01. The minimum absolute atomic E-state index is 0.285. The maximum atomic E-state index is 13.5. The maximum Gasteiger partial charge on any atom is 0.374 e. The van der Waals surface area contributed by atoms with Crippen LogP contribution in [0.4, 0.5) is 11.4 Å². The molecule has 0 saturated heterocycles. The molecule has 1 aromatic heterocycles. The first kappa shape index (κ1) is 21.2. The molecule has 0 fully saturated rings. The van der Waals surface area contributed by atoms with Gasteiger partial charge in [0.2, 0.25) is 5.16 Å². The van der Waals surface area contributed by atoms with Gasteiger partial charge in [-0.25, -0.2) is 0 Å². The minimum Gasteiger partial charge on any atom is -0.317 e. The van der Waals surface area contributed by atoms with E-state index in [-0.39, 0.29) is 17.2 Å². The molecule has 0 unspecified atom stereocenters. The van der Waals surface area contributed by atoms with Gasteiger partial charge in [-0.1, -0.05) is 59.2 Å². The number of nitrogens with zero attached hydrogens (tertiary/aromatic N) is 2. The molecular weight excluding hydrogens is 493 g/mol. The fourth-order valence-electron chi connectivity index (χ4n) is 4.34. The van der Waals surface area contributed by atoms with Crippen LogP contribution in [0.15, 0.2) is 76.7 Å². The summed E-state index contributed by atoms with van der Waals surface area (Å²) >= 11 is 13.7. The number of H-pyrrole nitrogens is 1. The second kappa shape index (κ2) is 7.87. The summed E-state index contributed by atoms with van der Waals surface area (Å²) < 4.78 is 1.48. The number of hydrogen-bond acceptors (Lipinski definition) is 5. The van der Waals surface area contributed by atoms with Crippen LogP contribution in [-0.2, 0) is 16.2 Å². The molecule has 0 aliphatic carbocycles. The lowest BCUT2D eigenvalue weighted by Gasteiger charge is -2.28. The van der Waals surface area contributed by atoms with Crippen LogP contribution in [0.2, 0.25) is 10.0 Å². The van der Waals surface area contributed by atoms with Crippen LogP contribution in [-0.4, -0.2) is 16.0 Å². The number of amides is 1. The molecule has 0 bridgehead atoms. The van der Waals surface area contributed by atoms with E-state index in [1.165, 1.54) is 16.4 Å². The number of nitrogens with one attached hydrogen (secondary N) is 3. The van der Waals surface area contributed by atoms with Crippen molar-refractivity contribution in [3.05, 3.63) is 98.3 Å². The lowest BCUT2D eigenvalue weighted by molar-refractivity contribution is -0.781. The molecule has 0 radical (unpaired) electrons. The number of benzene rings is 3. The molecule has 3 aromatic carbocycles. The van der Waals surface area contributed by atoms with Crippen LogP contribution < -0.4 is 20.9 Å². The van der Waals surface area contributed by atoms with Gasteiger partial charge in [-0.2, -0.15) is 0 Å². The van der Waals surface area contributed by atoms with E-state index in [1.54, 1.807) is 18.2 Å². The first-order valence-electron chi connectivity index (χ1n) is 10.4. The topological polar surface area (TPSA) is 90.8 Å². The van der Waals surface area contributed by atoms with Gasteiger partial charge in [0.15, 0.2) is 0 Å². The van der Waals surface area contributed by atoms with E-state index in [1.807, 2.05) is 48.5 Å². The maximum absolute atomic E-state index is 13.5. The highest BCUT2D eigenvalue weighted by Gasteiger charge is 2.62. The summed E-state index contributed by atoms with van der Waals surface area (Å²) in [4.78, 5) is 29.8. The zero-order chi connectivity index (χ0) is 23.4. The van der Waals surface area contributed by atoms with Crippen molar-refractivity contribution in [2.75, 3.05) is 10.6 Å². The number of anilines is 2. The van der Waals surface area contributed by atoms with E-state index in [0.29, 0.717) is 43.5 Å². The summed E-state index contributed by atoms with van der Waals surface area (Å²) in [5, 5.41) is 12.5. The normalized spacial score (nSPS) is 17.5. The number of carbonyl (C=O) groups excluding carboxylic acids is 1. The molecule has 7 nitrogen and oxygen atoms in total. The number of thioether (sulfide) groups is 1. The second-order valence-electron chi connectivity index (χ2n) is 7.96. The molecule has 4 aromatic rings. The van der Waals surface area contributed by atoms with Gasteiger partial charge in [0.25, 0.3) is 0 Å². The van der Waals surface area contributed by atoms with Gasteiger partial charge in [-0.05, 0) is 52.7 Å². The van der Waals surface area contributed by atoms with Gasteiger partial charge in [-0.3, -0.25) is 14.6 Å². The molecular formula is C24H16Cl2N5O2S+. The SMILES string of the molecule is O=C1Nc2ccc(Cl)cc2[C@]12Nc1ccccc1-c1c(=O)[nH]c(SCc3ccc(Cl)cc3)n[n+]12. The predicted octanol–water partition coefficient (Wildman–Crippen LogP) is 4.40. The van der Waals surface area contributed by atoms with E-state index >= 15 is 0 Å². The Hall–Kier alpha value is -3.33. The Kier molecular flexibility index (Phi) is 4.91. The first-order valence-corrected chi connectivity index (χ1v) is 12.1. The molecule has 3 heterocycles. The van der Waals surface area contributed by atoms with Crippen molar-refractivity contribution >= 4 is 52.2 Å². The lowest BCUT2D eigenvalue weighted by atomic mass is 9.95. The van der Waals surface area contributed by atoms with Crippen LogP contribution >= 0.6 is 35.0 Å². The minimum atomic E-state index is -1.46. The third-order valence-electron chi connectivity index (χ3n) is 5.89. The van der Waals surface area contributed by atoms with Crippen LogP contribution in [0.25, 0.3) is 11.3 Å². The van der Waals surface area contributed by atoms with E-state index in [4.69, 9.17) is 28.3 Å². The molecule has 1 atom stereocenters. The summed E-state index contributed by atoms with van der Waals surface area (Å²) in [6, 6.07) is 20.0. The summed E-state index contributed by atoms with van der Waals surface area (Å²) in [7, 11) is 0. The number of hydrogen-bond donors (Lipinski definition) is 3. The van der Waals surface area contributed by atoms with Crippen LogP contribution in [0.1, 0.15) is 11.1 Å². The van der Waals surface area contributed by atoms with Crippen molar-refractivity contribution in [3.63, 3.8) is 0 Å². The highest BCUT2D eigenvalue weighted by Crippen LogP contribution is 2.42. The molecule has 1 amide bonds. The van der Waals surface area contributed by atoms with Gasteiger partial charge < -0.3 is 10.6 Å². The lowest BCUT2D eigenvalue weighted by Crippen LogP contribution is -2.71. The Morgan fingerprint density at radius 3 is 2.53 bits per heavy atom. The van der Waals surface area contributed by atoms with Crippen molar-refractivity contribution in [2.45, 2.75) is 16.6 Å². The third-order valence-corrected chi connectivity index (χ3v) is 7.31. The summed E-state index contributed by atoms with van der Waals surface area (Å²) in [6.07, 6.45) is 0. The van der Waals surface area contributed by atoms with E-state index < -0.39 is 5.66 Å². The molecule has 1 spiro atoms. The van der Waals surface area contributed by atoms with Crippen molar-refractivity contribution in [2.24, 2.45) is 0 Å². The van der Waals surface area contributed by atoms with Crippen LogP contribution in [0.5, 0.6) is 0 Å². The largest absolute Gasteiger partial charge is 0.374 e. The van der Waals surface area contributed by atoms with E-state index in [0.717, 1.165) is 5.56 Å². The van der Waals surface area contributed by atoms with Crippen molar-refractivity contribution in [3.8, 4) is 11.3 Å². The first-order chi connectivity index (χ1) is 16.5. The number of carbonyl (C=O) groups is 1. The fourth-order valence-corrected chi connectivity index (χ4v) is 5.43. The molecule has 34 heavy (non-hydrogen) atoms. The van der Waals surface area contributed by atoms with Crippen LogP contribution in [0, 0.1) is 0 Å². The standard InChI is InChI=1S/C24H15Cl2N5O2S/c25-14-7-5-13(6-8-14)12-34-23-28-21(32)20-16-3-1-2-4-18(16)29-24(31(20)30-23)17-11-15(26)9-10-19(17)27-22(24)33/h1-11H,12H2,(H2,27,28,30,32,33)/p+1/t24-/m1/s1. The molecule has 0 saturated carbocycles. The zero-order valence-corrected chi connectivity index (χ0v) is 19.8. The smallest absolute Gasteiger partial charge is 0.317 e. The van der Waals surface area contributed by atoms with Crippen molar-refractivity contribution < 1.29 is 9.48 Å². The predicted molar refractivity (Wildman–Crippen MR) is 132 cm³/mol. The molecule has 2 aliphatic rings. The van der Waals surface area contributed by atoms with Crippen LogP contribution in [0.3, 0.4) is 0 Å². The Morgan fingerprint density at radius 2 is 1.71 bits per heavy atom. The Bertz CT molecular complexity index is 1540. The Balaban J connectivity index is 1.54. The van der Waals surface area contributed by atoms with Gasteiger partial charge in [0, 0.05) is 20.9 Å². The number of aromatic amines is 1. The second-order valence-corrected chi connectivity index (χ2v) is 9.80. The number of halogens is 2.